The maximum atomic E-state index is 17.0. The smallest absolute Gasteiger partial charge is 0.150 e. The molecule has 0 aliphatic heterocycles. The van der Waals surface area contributed by atoms with Gasteiger partial charge in [-0.1, -0.05) is 183 Å². The van der Waals surface area contributed by atoms with Crippen LogP contribution < -0.4 is 19.3 Å². The minimum absolute atomic E-state index is 0.254. The van der Waals surface area contributed by atoms with Crippen molar-refractivity contribution in [2.75, 3.05) is 9.80 Å². The summed E-state index contributed by atoms with van der Waals surface area (Å²) in [5.41, 5.74) is 5.17. The van der Waals surface area contributed by atoms with Crippen LogP contribution in [0.15, 0.2) is 316 Å². The molecule has 16 rings (SSSR count). The van der Waals surface area contributed by atoms with E-state index >= 15 is 35.1 Å². The Hall–Kier alpha value is -12.8. The number of rotatable bonds is 17. The molecule has 0 fully saturated rings. The molecule has 0 bridgehead atoms. The van der Waals surface area contributed by atoms with Gasteiger partial charge in [0.15, 0.2) is 0 Å². The van der Waals surface area contributed by atoms with Gasteiger partial charge in [0.25, 0.3) is 0 Å². The molecule has 2 atom stereocenters. The Bertz CT molecular complexity index is 5180. The molecule has 2 aliphatic carbocycles. The maximum Gasteiger partial charge on any atom is 0.150 e. The minimum Gasteiger partial charge on any atom is -0.457 e. The van der Waals surface area contributed by atoms with Gasteiger partial charge in [-0.3, -0.25) is 0 Å². The van der Waals surface area contributed by atoms with Gasteiger partial charge >= 0.3 is 0 Å². The summed E-state index contributed by atoms with van der Waals surface area (Å²) in [6.45, 7) is 7.66. The fourth-order valence-corrected chi connectivity index (χ4v) is 15.0. The van der Waals surface area contributed by atoms with Crippen LogP contribution in [0.25, 0.3) is 45.5 Å². The van der Waals surface area contributed by atoms with Gasteiger partial charge in [-0.15, -0.1) is 0 Å². The van der Waals surface area contributed by atoms with Crippen LogP contribution in [0.1, 0.15) is 55.6 Å². The monoisotopic (exact) mass is 1350 g/mol. The maximum absolute atomic E-state index is 17.0. The van der Waals surface area contributed by atoms with Crippen LogP contribution in [-0.4, -0.2) is 0 Å². The lowest BCUT2D eigenvalue weighted by Gasteiger charge is -2.35. The topological polar surface area (TPSA) is 24.9 Å². The predicted molar refractivity (Wildman–Crippen MR) is 389 cm³/mol. The zero-order valence-corrected chi connectivity index (χ0v) is 54.2. The predicted octanol–water partition coefficient (Wildman–Crippen LogP) is 25.0. The van der Waals surface area contributed by atoms with Gasteiger partial charge in [-0.05, 0) is 223 Å². The Morgan fingerprint density at radius 3 is 0.873 bits per heavy atom. The Morgan fingerprint density at radius 1 is 0.265 bits per heavy atom. The van der Waals surface area contributed by atoms with Crippen molar-refractivity contribution in [1.82, 2.24) is 0 Å². The zero-order chi connectivity index (χ0) is 70.0. The number of para-hydroxylation sites is 2. The van der Waals surface area contributed by atoms with Gasteiger partial charge < -0.3 is 19.3 Å². The minimum atomic E-state index is -1.67. The number of hydrogen-bond donors (Lipinski definition) is 0. The van der Waals surface area contributed by atoms with E-state index in [1.165, 1.54) is 58.3 Å². The molecule has 102 heavy (non-hydrogen) atoms. The quantitative estimate of drug-likeness (QED) is 0.0849. The molecule has 0 N–H and O–H groups in total. The van der Waals surface area contributed by atoms with Gasteiger partial charge in [-0.25, -0.2) is 35.1 Å². The van der Waals surface area contributed by atoms with Crippen molar-refractivity contribution in [3.05, 3.63) is 419 Å². The first-order valence-corrected chi connectivity index (χ1v) is 32.8. The second-order valence-corrected chi connectivity index (χ2v) is 24.9. The van der Waals surface area contributed by atoms with E-state index in [0.717, 1.165) is 35.4 Å². The van der Waals surface area contributed by atoms with E-state index in [1.807, 2.05) is 84.9 Å². The number of benzene rings is 14. The number of nitrogens with zero attached hydrogens (tertiary/aromatic N) is 2. The molecule has 14 aromatic carbocycles. The highest BCUT2D eigenvalue weighted by Gasteiger charge is 2.51. The fraction of sp³-hybridized carbons (Fsp3) is 0.0222. The van der Waals surface area contributed by atoms with Crippen molar-refractivity contribution in [3.63, 3.8) is 0 Å². The normalized spacial score (nSPS) is 14.6. The van der Waals surface area contributed by atoms with Gasteiger partial charge in [0.1, 0.15) is 80.9 Å². The van der Waals surface area contributed by atoms with Gasteiger partial charge in [0.2, 0.25) is 0 Å². The SMILES string of the molecule is C=Cc1ccc(Oc2ccc(C3(c4c(F)cccc4F)c4ccccc4-c4ccc(N(c5ccc(-c6ccc(N(c7ccc8c(c7)C(c7ccc(Oc9ccc(C=C)cc9)cc7)(c7c(F)cccc7F)c7ccccc7-8)c7c(F)cccc7F)cc6)cc5)c5c(F)cccc5F)cc43)cc2)cc1. The van der Waals surface area contributed by atoms with Crippen molar-refractivity contribution in [1.29, 1.82) is 0 Å². The summed E-state index contributed by atoms with van der Waals surface area (Å²) >= 11 is 0. The lowest BCUT2D eigenvalue weighted by molar-refractivity contribution is 0.481. The van der Waals surface area contributed by atoms with E-state index in [9.17, 15) is 0 Å². The molecule has 14 aromatic rings. The average molecular weight is 1350 g/mol. The molecule has 0 saturated carbocycles. The number of halogens is 8. The summed E-state index contributed by atoms with van der Waals surface area (Å²) < 4.78 is 147. The summed E-state index contributed by atoms with van der Waals surface area (Å²) in [6.07, 6.45) is 3.45. The van der Waals surface area contributed by atoms with Crippen molar-refractivity contribution in [3.8, 4) is 56.4 Å². The van der Waals surface area contributed by atoms with Crippen LogP contribution in [0.3, 0.4) is 0 Å². The molecule has 0 spiro atoms. The van der Waals surface area contributed by atoms with Crippen LogP contribution in [0, 0.1) is 46.5 Å². The first-order valence-electron chi connectivity index (χ1n) is 32.8. The number of hydrogen-bond acceptors (Lipinski definition) is 4. The summed E-state index contributed by atoms with van der Waals surface area (Å²) in [5.74, 6) is -4.78. The summed E-state index contributed by atoms with van der Waals surface area (Å²) in [7, 11) is 0. The second-order valence-electron chi connectivity index (χ2n) is 24.9. The van der Waals surface area contributed by atoms with Gasteiger partial charge in [0.05, 0.1) is 10.8 Å². The summed E-state index contributed by atoms with van der Waals surface area (Å²) in [6, 6.07) is 82.4. The highest BCUT2D eigenvalue weighted by Crippen LogP contribution is 2.61. The average Bonchev–Trinajstić information content (AvgIpc) is 1.37. The highest BCUT2D eigenvalue weighted by molar-refractivity contribution is 5.92. The third kappa shape index (κ3) is 10.6. The van der Waals surface area contributed by atoms with Crippen LogP contribution in [-0.2, 0) is 10.8 Å². The molecule has 0 amide bonds. The Kier molecular flexibility index (Phi) is 16.2. The number of fused-ring (bicyclic) bond motifs is 6. The Labute approximate surface area is 583 Å². The third-order valence-electron chi connectivity index (χ3n) is 19.4. The van der Waals surface area contributed by atoms with E-state index in [2.05, 4.69) is 13.2 Å². The van der Waals surface area contributed by atoms with Crippen molar-refractivity contribution >= 4 is 46.3 Å². The van der Waals surface area contributed by atoms with Crippen LogP contribution in [0.4, 0.5) is 69.2 Å². The van der Waals surface area contributed by atoms with E-state index in [4.69, 9.17) is 9.47 Å². The van der Waals surface area contributed by atoms with E-state index in [0.29, 0.717) is 101 Å². The van der Waals surface area contributed by atoms with Crippen LogP contribution in [0.5, 0.6) is 23.0 Å². The van der Waals surface area contributed by atoms with Gasteiger partial charge in [0, 0.05) is 33.9 Å². The highest BCUT2D eigenvalue weighted by atomic mass is 19.2. The molecule has 494 valence electrons. The molecule has 0 radical (unpaired) electrons. The van der Waals surface area contributed by atoms with Crippen molar-refractivity contribution in [2.45, 2.75) is 10.8 Å². The molecule has 0 saturated heterocycles. The van der Waals surface area contributed by atoms with Crippen molar-refractivity contribution in [2.24, 2.45) is 0 Å². The molecule has 0 heterocycles. The van der Waals surface area contributed by atoms with E-state index in [-0.39, 0.29) is 22.5 Å². The number of anilines is 6. The standard InChI is InChI=1S/C90H56F8N2O2/c1-3-55-25-43-65(44-26-55)101-67-47-33-59(34-48-67)89(85-77(91)17-9-18-78(85)92)73-15-7-5-13-69(73)71-51-41-63(53-75(71)89)99(87-81(95)21-11-22-82(87)96)61-37-29-57(30-38-61)58-31-39-62(40-32-58)100(88-83(97)23-12-24-84(88)98)64-42-52-72-70-14-6-8-16-74(70)90(76(72)54-64,86-79(93)19-10-20-80(86)94)60-35-49-68(50-36-60)102-66-45-27-56(4-2)28-46-66/h3-54H,1-2H2. The molecule has 4 nitrogen and oxygen atoms in total. The lowest BCUT2D eigenvalue weighted by atomic mass is 9.67. The molecular formula is C90H56F8N2O2. The van der Waals surface area contributed by atoms with Crippen LogP contribution in [0.2, 0.25) is 0 Å². The first-order chi connectivity index (χ1) is 49.8. The largest absolute Gasteiger partial charge is 0.457 e. The molecule has 2 aliphatic rings. The molecule has 0 aromatic heterocycles. The molecule has 2 unspecified atom stereocenters. The van der Waals surface area contributed by atoms with Crippen molar-refractivity contribution < 1.29 is 44.6 Å². The molecular weight excluding hydrogens is 1290 g/mol. The van der Waals surface area contributed by atoms with E-state index in [1.54, 1.807) is 158 Å². The van der Waals surface area contributed by atoms with E-state index < -0.39 is 68.7 Å². The van der Waals surface area contributed by atoms with Crippen LogP contribution >= 0.6 is 0 Å². The Morgan fingerprint density at radius 2 is 0.549 bits per heavy atom. The summed E-state index contributed by atoms with van der Waals surface area (Å²) in [4.78, 5) is 2.86. The Balaban J connectivity index is 0.791. The summed E-state index contributed by atoms with van der Waals surface area (Å²) in [5, 5.41) is 0. The van der Waals surface area contributed by atoms with Gasteiger partial charge in [-0.2, -0.15) is 0 Å². The lowest BCUT2D eigenvalue weighted by Crippen LogP contribution is -2.31. The second kappa shape index (κ2) is 25.8. The number of ether oxygens (including phenoxy) is 2. The molecule has 12 heteroatoms. The fourth-order valence-electron chi connectivity index (χ4n) is 15.0. The zero-order valence-electron chi connectivity index (χ0n) is 54.2. The first kappa shape index (κ1) is 63.9. The third-order valence-corrected chi connectivity index (χ3v) is 19.4.